The second-order valence-corrected chi connectivity index (χ2v) is 9.99. The quantitative estimate of drug-likeness (QED) is 0.508. The van der Waals surface area contributed by atoms with E-state index in [1.165, 1.54) is 0 Å². The molecule has 2 amide bonds. The molecule has 3 aromatic rings. The largest absolute Gasteiger partial charge is 0.337 e. The Morgan fingerprint density at radius 2 is 1.84 bits per heavy atom. The molecule has 0 saturated carbocycles. The number of aryl methyl sites for hydroxylation is 1. The standard InChI is InChI=1S/C29H38N6O2/c1-23(2)29-31-13-17-33(29)16-11-28(37)34-19-18-32(21-25-8-6-12-30-20-25)14-7-15-35(24(3)36)27-10-5-4-9-26(27)22-34/h4-6,8-10,12-13,17,20,23H,7,11,14-16,18-19,21-22H2,1-3H3. The summed E-state index contributed by atoms with van der Waals surface area (Å²) in [6, 6.07) is 12.0. The van der Waals surface area contributed by atoms with Gasteiger partial charge in [-0.05, 0) is 29.7 Å². The summed E-state index contributed by atoms with van der Waals surface area (Å²) < 4.78 is 2.08. The van der Waals surface area contributed by atoms with Crippen molar-refractivity contribution in [3.63, 3.8) is 0 Å². The van der Waals surface area contributed by atoms with Crippen LogP contribution in [-0.2, 0) is 29.2 Å². The maximum atomic E-state index is 13.6. The number of aromatic nitrogens is 3. The van der Waals surface area contributed by atoms with E-state index in [0.717, 1.165) is 48.7 Å². The minimum atomic E-state index is 0.0182. The highest BCUT2D eigenvalue weighted by atomic mass is 16.2. The van der Waals surface area contributed by atoms with Crippen LogP contribution in [0, 0.1) is 0 Å². The molecule has 0 spiro atoms. The van der Waals surface area contributed by atoms with Crippen molar-refractivity contribution in [2.24, 2.45) is 0 Å². The number of carbonyl (C=O) groups is 2. The molecule has 1 aliphatic heterocycles. The van der Waals surface area contributed by atoms with Gasteiger partial charge in [0.1, 0.15) is 5.82 Å². The van der Waals surface area contributed by atoms with Gasteiger partial charge in [-0.2, -0.15) is 0 Å². The number of anilines is 1. The first kappa shape index (κ1) is 26.5. The van der Waals surface area contributed by atoms with Gasteiger partial charge >= 0.3 is 0 Å². The van der Waals surface area contributed by atoms with Crippen molar-refractivity contribution < 1.29 is 9.59 Å². The maximum absolute atomic E-state index is 13.6. The minimum Gasteiger partial charge on any atom is -0.337 e. The molecule has 3 heterocycles. The van der Waals surface area contributed by atoms with Crippen LogP contribution < -0.4 is 4.90 Å². The number of nitrogens with zero attached hydrogens (tertiary/aromatic N) is 6. The highest BCUT2D eigenvalue weighted by Crippen LogP contribution is 2.24. The van der Waals surface area contributed by atoms with Crippen molar-refractivity contribution in [1.29, 1.82) is 0 Å². The Hall–Kier alpha value is -3.52. The van der Waals surface area contributed by atoms with E-state index < -0.39 is 0 Å². The van der Waals surface area contributed by atoms with Gasteiger partial charge in [0.05, 0.1) is 0 Å². The average molecular weight is 503 g/mol. The highest BCUT2D eigenvalue weighted by molar-refractivity contribution is 5.92. The molecule has 8 heteroatoms. The molecule has 0 radical (unpaired) electrons. The van der Waals surface area contributed by atoms with Crippen LogP contribution in [0.3, 0.4) is 0 Å². The molecule has 0 fully saturated rings. The Morgan fingerprint density at radius 1 is 1.00 bits per heavy atom. The number of amides is 2. The Labute approximate surface area is 219 Å². The van der Waals surface area contributed by atoms with Gasteiger partial charge in [0.15, 0.2) is 0 Å². The smallest absolute Gasteiger partial charge is 0.224 e. The predicted octanol–water partition coefficient (Wildman–Crippen LogP) is 4.08. The van der Waals surface area contributed by atoms with E-state index in [2.05, 4.69) is 39.3 Å². The summed E-state index contributed by atoms with van der Waals surface area (Å²) in [6.07, 6.45) is 8.67. The third kappa shape index (κ3) is 7.04. The zero-order chi connectivity index (χ0) is 26.2. The molecule has 196 valence electrons. The summed E-state index contributed by atoms with van der Waals surface area (Å²) in [4.78, 5) is 41.1. The minimum absolute atomic E-state index is 0.0182. The van der Waals surface area contributed by atoms with Gasteiger partial charge in [-0.3, -0.25) is 19.5 Å². The second kappa shape index (κ2) is 12.6. The van der Waals surface area contributed by atoms with Crippen LogP contribution in [-0.4, -0.2) is 62.3 Å². The summed E-state index contributed by atoms with van der Waals surface area (Å²) in [5.41, 5.74) is 3.03. The zero-order valence-electron chi connectivity index (χ0n) is 22.2. The molecule has 0 N–H and O–H groups in total. The van der Waals surface area contributed by atoms with Crippen LogP contribution >= 0.6 is 0 Å². The number of para-hydroxylation sites is 1. The summed E-state index contributed by atoms with van der Waals surface area (Å²) in [5.74, 6) is 1.42. The average Bonchev–Trinajstić information content (AvgIpc) is 3.36. The van der Waals surface area contributed by atoms with Crippen LogP contribution in [0.2, 0.25) is 0 Å². The number of carbonyl (C=O) groups excluding carboxylic acids is 2. The van der Waals surface area contributed by atoms with E-state index >= 15 is 0 Å². The van der Waals surface area contributed by atoms with Gasteiger partial charge in [-0.1, -0.05) is 38.1 Å². The van der Waals surface area contributed by atoms with Crippen LogP contribution in [0.5, 0.6) is 0 Å². The topological polar surface area (TPSA) is 74.6 Å². The lowest BCUT2D eigenvalue weighted by molar-refractivity contribution is -0.132. The van der Waals surface area contributed by atoms with Gasteiger partial charge in [0, 0.05) is 95.6 Å². The van der Waals surface area contributed by atoms with E-state index in [1.807, 2.05) is 52.5 Å². The molecular weight excluding hydrogens is 464 g/mol. The Morgan fingerprint density at radius 3 is 2.59 bits per heavy atom. The van der Waals surface area contributed by atoms with Gasteiger partial charge < -0.3 is 14.4 Å². The molecule has 0 atom stereocenters. The lowest BCUT2D eigenvalue weighted by Gasteiger charge is -2.28. The fourth-order valence-electron chi connectivity index (χ4n) is 4.97. The summed E-state index contributed by atoms with van der Waals surface area (Å²) in [5, 5.41) is 0. The lowest BCUT2D eigenvalue weighted by Crippen LogP contribution is -2.38. The molecule has 0 saturated heterocycles. The molecule has 4 rings (SSSR count). The van der Waals surface area contributed by atoms with E-state index in [9.17, 15) is 9.59 Å². The van der Waals surface area contributed by atoms with Gasteiger partial charge in [0.2, 0.25) is 11.8 Å². The SMILES string of the molecule is CC(=O)N1CCCN(Cc2cccnc2)CCN(C(=O)CCn2ccnc2C(C)C)Cc2ccccc21. The predicted molar refractivity (Wildman–Crippen MR) is 145 cm³/mol. The fourth-order valence-corrected chi connectivity index (χ4v) is 4.97. The van der Waals surface area contributed by atoms with Crippen molar-refractivity contribution in [2.75, 3.05) is 31.1 Å². The van der Waals surface area contributed by atoms with Crippen molar-refractivity contribution in [2.45, 2.75) is 59.2 Å². The number of imidazole rings is 1. The van der Waals surface area contributed by atoms with E-state index in [-0.39, 0.29) is 11.8 Å². The number of benzene rings is 1. The normalized spacial score (nSPS) is 15.4. The summed E-state index contributed by atoms with van der Waals surface area (Å²) >= 11 is 0. The molecule has 37 heavy (non-hydrogen) atoms. The van der Waals surface area contributed by atoms with Crippen LogP contribution in [0.4, 0.5) is 5.69 Å². The van der Waals surface area contributed by atoms with E-state index in [0.29, 0.717) is 38.5 Å². The molecule has 1 aromatic carbocycles. The van der Waals surface area contributed by atoms with Gasteiger partial charge in [-0.25, -0.2) is 4.98 Å². The number of rotatable bonds is 6. The Kier molecular flexibility index (Phi) is 9.06. The third-order valence-corrected chi connectivity index (χ3v) is 6.88. The van der Waals surface area contributed by atoms with Crippen molar-refractivity contribution >= 4 is 17.5 Å². The van der Waals surface area contributed by atoms with Crippen LogP contribution in [0.15, 0.2) is 61.2 Å². The third-order valence-electron chi connectivity index (χ3n) is 6.88. The van der Waals surface area contributed by atoms with Crippen LogP contribution in [0.25, 0.3) is 0 Å². The van der Waals surface area contributed by atoms with E-state index in [4.69, 9.17) is 0 Å². The lowest BCUT2D eigenvalue weighted by atomic mass is 10.1. The first-order chi connectivity index (χ1) is 17.9. The molecule has 0 aliphatic carbocycles. The first-order valence-corrected chi connectivity index (χ1v) is 13.2. The van der Waals surface area contributed by atoms with E-state index in [1.54, 1.807) is 19.3 Å². The van der Waals surface area contributed by atoms with Gasteiger partial charge in [-0.15, -0.1) is 0 Å². The molecular formula is C29H38N6O2. The zero-order valence-corrected chi connectivity index (χ0v) is 22.2. The second-order valence-electron chi connectivity index (χ2n) is 9.99. The fraction of sp³-hybridized carbons (Fsp3) is 0.448. The van der Waals surface area contributed by atoms with Crippen molar-refractivity contribution in [3.05, 3.63) is 78.1 Å². The monoisotopic (exact) mass is 502 g/mol. The first-order valence-electron chi connectivity index (χ1n) is 13.2. The molecule has 1 aliphatic rings. The number of hydrogen-bond donors (Lipinski definition) is 0. The number of hydrogen-bond acceptors (Lipinski definition) is 5. The number of pyridine rings is 1. The number of fused-ring (bicyclic) bond motifs is 1. The van der Waals surface area contributed by atoms with Crippen molar-refractivity contribution in [1.82, 2.24) is 24.3 Å². The van der Waals surface area contributed by atoms with Crippen molar-refractivity contribution in [3.8, 4) is 0 Å². The molecule has 8 nitrogen and oxygen atoms in total. The summed E-state index contributed by atoms with van der Waals surface area (Å²) in [7, 11) is 0. The molecule has 0 unspecified atom stereocenters. The van der Waals surface area contributed by atoms with Gasteiger partial charge in [0.25, 0.3) is 0 Å². The highest BCUT2D eigenvalue weighted by Gasteiger charge is 2.22. The Balaban J connectivity index is 1.57. The maximum Gasteiger partial charge on any atom is 0.224 e. The summed E-state index contributed by atoms with van der Waals surface area (Å²) in [6.45, 7) is 10.5. The Bertz CT molecular complexity index is 1180. The van der Waals surface area contributed by atoms with Crippen LogP contribution in [0.1, 0.15) is 56.5 Å². The molecule has 2 aromatic heterocycles. The molecule has 0 bridgehead atoms.